The lowest BCUT2D eigenvalue weighted by Crippen LogP contribution is -2.14. The summed E-state index contributed by atoms with van der Waals surface area (Å²) in [6.07, 6.45) is 0. The largest absolute Gasteiger partial charge is 0.493 e. The van der Waals surface area contributed by atoms with Gasteiger partial charge in [0.2, 0.25) is 5.75 Å². The van der Waals surface area contributed by atoms with Crippen molar-refractivity contribution in [1.29, 1.82) is 0 Å². The molecular formula is C17H23N3O4. The number of hydrogen-bond acceptors (Lipinski definition) is 5. The summed E-state index contributed by atoms with van der Waals surface area (Å²) >= 11 is 0. The molecule has 130 valence electrons. The van der Waals surface area contributed by atoms with Gasteiger partial charge in [-0.1, -0.05) is 20.8 Å². The number of nitrogens with zero attached hydrogens (tertiary/aromatic N) is 1. The normalized spacial score (nSPS) is 11.1. The van der Waals surface area contributed by atoms with Crippen LogP contribution in [0.4, 0.5) is 5.82 Å². The molecule has 1 aromatic heterocycles. The van der Waals surface area contributed by atoms with Crippen LogP contribution in [0.2, 0.25) is 0 Å². The fourth-order valence-electron chi connectivity index (χ4n) is 2.23. The Labute approximate surface area is 141 Å². The zero-order valence-electron chi connectivity index (χ0n) is 14.8. The van der Waals surface area contributed by atoms with Crippen molar-refractivity contribution in [3.8, 4) is 17.2 Å². The molecule has 1 aromatic carbocycles. The Balaban J connectivity index is 2.31. The predicted molar refractivity (Wildman–Crippen MR) is 91.3 cm³/mol. The minimum atomic E-state index is -0.347. The monoisotopic (exact) mass is 333 g/mol. The smallest absolute Gasteiger partial charge is 0.260 e. The van der Waals surface area contributed by atoms with Gasteiger partial charge in [-0.2, -0.15) is 5.10 Å². The highest BCUT2D eigenvalue weighted by atomic mass is 16.5. The molecule has 24 heavy (non-hydrogen) atoms. The Hall–Kier alpha value is -2.70. The molecule has 0 spiro atoms. The Morgan fingerprint density at radius 3 is 2.25 bits per heavy atom. The zero-order valence-corrected chi connectivity index (χ0v) is 14.8. The van der Waals surface area contributed by atoms with E-state index < -0.39 is 0 Å². The van der Waals surface area contributed by atoms with Gasteiger partial charge in [-0.25, -0.2) is 0 Å². The second-order valence-electron chi connectivity index (χ2n) is 6.25. The molecule has 0 aliphatic heterocycles. The Kier molecular flexibility index (Phi) is 5.02. The molecule has 0 bridgehead atoms. The lowest BCUT2D eigenvalue weighted by molar-refractivity contribution is 0.102. The number of carbonyl (C=O) groups is 1. The predicted octanol–water partition coefficient (Wildman–Crippen LogP) is 2.99. The third kappa shape index (κ3) is 3.45. The molecule has 0 fully saturated rings. The highest BCUT2D eigenvalue weighted by Gasteiger charge is 2.22. The second-order valence-corrected chi connectivity index (χ2v) is 6.25. The number of carbonyl (C=O) groups excluding carboxylic acids is 1. The molecule has 7 heteroatoms. The number of H-pyrrole nitrogens is 1. The van der Waals surface area contributed by atoms with Crippen LogP contribution in [0, 0.1) is 0 Å². The number of benzene rings is 1. The van der Waals surface area contributed by atoms with E-state index in [1.807, 2.05) is 6.07 Å². The zero-order chi connectivity index (χ0) is 17.9. The molecule has 1 heterocycles. The molecule has 2 N–H and O–H groups in total. The molecule has 0 radical (unpaired) electrons. The first-order chi connectivity index (χ1) is 11.3. The molecular weight excluding hydrogens is 310 g/mol. The average molecular weight is 333 g/mol. The van der Waals surface area contributed by atoms with Crippen molar-refractivity contribution < 1.29 is 19.0 Å². The van der Waals surface area contributed by atoms with Gasteiger partial charge in [0, 0.05) is 17.2 Å². The third-order valence-corrected chi connectivity index (χ3v) is 3.58. The number of aromatic amines is 1. The van der Waals surface area contributed by atoms with E-state index >= 15 is 0 Å². The van der Waals surface area contributed by atoms with E-state index in [1.54, 1.807) is 12.1 Å². The number of hydrogen-bond donors (Lipinski definition) is 2. The molecule has 2 rings (SSSR count). The van der Waals surface area contributed by atoms with E-state index in [0.29, 0.717) is 28.6 Å². The summed E-state index contributed by atoms with van der Waals surface area (Å²) in [7, 11) is 4.49. The fourth-order valence-corrected chi connectivity index (χ4v) is 2.23. The molecule has 0 unspecified atom stereocenters. The lowest BCUT2D eigenvalue weighted by Gasteiger charge is -2.15. The molecule has 7 nitrogen and oxygen atoms in total. The van der Waals surface area contributed by atoms with Crippen LogP contribution in [-0.2, 0) is 5.41 Å². The Morgan fingerprint density at radius 1 is 1.08 bits per heavy atom. The molecule has 1 amide bonds. The molecule has 2 aromatic rings. The standard InChI is InChI=1S/C17H23N3O4/c1-17(2,3)12-9-13(20-19-12)18-16(21)10-7-8-11(22-4)15(24-6)14(10)23-5/h7-9H,1-6H3,(H2,18,19,20,21). The summed E-state index contributed by atoms with van der Waals surface area (Å²) in [5.41, 5.74) is 1.17. The highest BCUT2D eigenvalue weighted by Crippen LogP contribution is 2.39. The lowest BCUT2D eigenvalue weighted by atomic mass is 9.92. The first kappa shape index (κ1) is 17.7. The molecule has 0 atom stereocenters. The summed E-state index contributed by atoms with van der Waals surface area (Å²) in [5.74, 6) is 1.26. The van der Waals surface area contributed by atoms with Crippen molar-refractivity contribution in [1.82, 2.24) is 10.2 Å². The van der Waals surface area contributed by atoms with E-state index in [1.165, 1.54) is 21.3 Å². The van der Waals surface area contributed by atoms with Gasteiger partial charge in [-0.05, 0) is 12.1 Å². The van der Waals surface area contributed by atoms with Gasteiger partial charge in [-0.15, -0.1) is 0 Å². The number of nitrogens with one attached hydrogen (secondary N) is 2. The summed E-state index contributed by atoms with van der Waals surface area (Å²) in [6.45, 7) is 6.18. The number of aromatic nitrogens is 2. The number of methoxy groups -OCH3 is 3. The third-order valence-electron chi connectivity index (χ3n) is 3.58. The quantitative estimate of drug-likeness (QED) is 0.878. The van der Waals surface area contributed by atoms with E-state index in [9.17, 15) is 4.79 Å². The topological polar surface area (TPSA) is 85.5 Å². The van der Waals surface area contributed by atoms with Crippen molar-refractivity contribution >= 4 is 11.7 Å². The Morgan fingerprint density at radius 2 is 1.75 bits per heavy atom. The van der Waals surface area contributed by atoms with Gasteiger partial charge in [0.15, 0.2) is 17.3 Å². The minimum absolute atomic E-state index is 0.0863. The molecule has 0 aliphatic rings. The van der Waals surface area contributed by atoms with Crippen molar-refractivity contribution in [2.45, 2.75) is 26.2 Å². The minimum Gasteiger partial charge on any atom is -0.493 e. The van der Waals surface area contributed by atoms with Gasteiger partial charge >= 0.3 is 0 Å². The van der Waals surface area contributed by atoms with E-state index in [0.717, 1.165) is 5.69 Å². The first-order valence-corrected chi connectivity index (χ1v) is 7.48. The van der Waals surface area contributed by atoms with Crippen LogP contribution in [-0.4, -0.2) is 37.4 Å². The summed E-state index contributed by atoms with van der Waals surface area (Å²) in [5, 5.41) is 9.81. The summed E-state index contributed by atoms with van der Waals surface area (Å²) < 4.78 is 15.8. The molecule has 0 saturated heterocycles. The highest BCUT2D eigenvalue weighted by molar-refractivity contribution is 6.06. The number of ether oxygens (including phenoxy) is 3. The average Bonchev–Trinajstić information content (AvgIpc) is 3.01. The van der Waals surface area contributed by atoms with Crippen LogP contribution in [0.3, 0.4) is 0 Å². The van der Waals surface area contributed by atoms with E-state index in [2.05, 4.69) is 36.3 Å². The van der Waals surface area contributed by atoms with Crippen LogP contribution in [0.25, 0.3) is 0 Å². The first-order valence-electron chi connectivity index (χ1n) is 7.48. The van der Waals surface area contributed by atoms with Gasteiger partial charge in [0.1, 0.15) is 0 Å². The van der Waals surface area contributed by atoms with Crippen LogP contribution in [0.15, 0.2) is 18.2 Å². The molecule has 0 saturated carbocycles. The molecule has 0 aliphatic carbocycles. The van der Waals surface area contributed by atoms with Crippen LogP contribution in [0.5, 0.6) is 17.2 Å². The van der Waals surface area contributed by atoms with Crippen LogP contribution < -0.4 is 19.5 Å². The van der Waals surface area contributed by atoms with Gasteiger partial charge in [0.05, 0.1) is 26.9 Å². The SMILES string of the molecule is COc1ccc(C(=O)Nc2cc(C(C)(C)C)[nH]n2)c(OC)c1OC. The van der Waals surface area contributed by atoms with Crippen LogP contribution >= 0.6 is 0 Å². The van der Waals surface area contributed by atoms with Crippen molar-refractivity contribution in [2.75, 3.05) is 26.6 Å². The Bertz CT molecular complexity index is 732. The fraction of sp³-hybridized carbons (Fsp3) is 0.412. The maximum atomic E-state index is 12.6. The number of anilines is 1. The second kappa shape index (κ2) is 6.82. The summed E-state index contributed by atoms with van der Waals surface area (Å²) in [6, 6.07) is 5.08. The number of amides is 1. The van der Waals surface area contributed by atoms with E-state index in [-0.39, 0.29) is 11.3 Å². The maximum Gasteiger partial charge on any atom is 0.260 e. The van der Waals surface area contributed by atoms with Gasteiger partial charge in [-0.3, -0.25) is 9.89 Å². The van der Waals surface area contributed by atoms with Gasteiger partial charge < -0.3 is 19.5 Å². The maximum absolute atomic E-state index is 12.6. The van der Waals surface area contributed by atoms with Crippen LogP contribution in [0.1, 0.15) is 36.8 Å². The van der Waals surface area contributed by atoms with Crippen molar-refractivity contribution in [3.63, 3.8) is 0 Å². The summed E-state index contributed by atoms with van der Waals surface area (Å²) in [4.78, 5) is 12.6. The van der Waals surface area contributed by atoms with Gasteiger partial charge in [0.25, 0.3) is 5.91 Å². The van der Waals surface area contributed by atoms with E-state index in [4.69, 9.17) is 14.2 Å². The van der Waals surface area contributed by atoms with Crippen molar-refractivity contribution in [3.05, 3.63) is 29.5 Å². The number of rotatable bonds is 5. The van der Waals surface area contributed by atoms with Crippen molar-refractivity contribution in [2.24, 2.45) is 0 Å².